The van der Waals surface area contributed by atoms with Crippen LogP contribution in [0, 0.1) is 0 Å². The molecular formula is C16H14N4O6S2. The molecule has 146 valence electrons. The van der Waals surface area contributed by atoms with Crippen molar-refractivity contribution in [2.75, 3.05) is 6.54 Å². The van der Waals surface area contributed by atoms with E-state index in [0.29, 0.717) is 0 Å². The number of hydrazone groups is 1. The van der Waals surface area contributed by atoms with Crippen LogP contribution in [0.15, 0.2) is 74.5 Å². The fourth-order valence-corrected chi connectivity index (χ4v) is 6.70. The number of hydrogen-bond donors (Lipinski definition) is 2. The summed E-state index contributed by atoms with van der Waals surface area (Å²) in [5, 5.41) is 2.98. The highest BCUT2D eigenvalue weighted by atomic mass is 32.3. The Morgan fingerprint density at radius 1 is 0.893 bits per heavy atom. The van der Waals surface area contributed by atoms with Crippen molar-refractivity contribution in [2.24, 2.45) is 15.8 Å². The first-order valence-corrected chi connectivity index (χ1v) is 10.5. The summed E-state index contributed by atoms with van der Waals surface area (Å²) in [6.45, 7) is -0.987. The molecule has 2 rings (SSSR count). The van der Waals surface area contributed by atoms with Gasteiger partial charge in [0.25, 0.3) is 10.3 Å². The first-order chi connectivity index (χ1) is 13.3. The van der Waals surface area contributed by atoms with E-state index in [2.05, 4.69) is 10.1 Å². The molecule has 1 atom stereocenters. The fourth-order valence-electron chi connectivity index (χ4n) is 2.39. The molecule has 10 nitrogen and oxygen atoms in total. The standard InChI is InChI=1S/C16H14N4O6S2/c17-10-16(20-19-12-22,27(23,24)14-6-2-1-3-7-14)28(25,26)15-8-4-5-13(9-15)18-11-21/h1-9,20H,10,17H2. The number of nitrogens with zero attached hydrogens (tertiary/aromatic N) is 2. The zero-order chi connectivity index (χ0) is 20.8. The fraction of sp³-hybridized carbons (Fsp3) is 0.125. The summed E-state index contributed by atoms with van der Waals surface area (Å²) in [6, 6.07) is 11.3. The molecule has 1 unspecified atom stereocenters. The summed E-state index contributed by atoms with van der Waals surface area (Å²) in [7, 11) is -9.54. The van der Waals surface area contributed by atoms with Crippen molar-refractivity contribution in [3.05, 3.63) is 54.6 Å². The summed E-state index contributed by atoms with van der Waals surface area (Å²) in [5.41, 5.74) is 7.38. The molecule has 2 aromatic rings. The highest BCUT2D eigenvalue weighted by molar-refractivity contribution is 8.10. The van der Waals surface area contributed by atoms with Gasteiger partial charge in [0.05, 0.1) is 15.5 Å². The van der Waals surface area contributed by atoms with Crippen molar-refractivity contribution in [2.45, 2.75) is 14.0 Å². The lowest BCUT2D eigenvalue weighted by atomic mass is 10.3. The lowest BCUT2D eigenvalue weighted by Gasteiger charge is -2.30. The minimum Gasteiger partial charge on any atom is -0.326 e. The average Bonchev–Trinajstić information content (AvgIpc) is 2.69. The maximum absolute atomic E-state index is 13.3. The predicted octanol–water partition coefficient (Wildman–Crippen LogP) is 0.354. The van der Waals surface area contributed by atoms with Gasteiger partial charge in [-0.1, -0.05) is 29.4 Å². The summed E-state index contributed by atoms with van der Waals surface area (Å²) in [5.74, 6) is 0. The van der Waals surface area contributed by atoms with E-state index in [-0.39, 0.29) is 10.6 Å². The number of aliphatic imine (C=N–C) groups is 1. The van der Waals surface area contributed by atoms with Crippen LogP contribution in [0.4, 0.5) is 5.69 Å². The normalized spacial score (nSPS) is 13.5. The first kappa shape index (κ1) is 21.2. The second kappa shape index (κ2) is 8.26. The third kappa shape index (κ3) is 3.50. The first-order valence-electron chi connectivity index (χ1n) is 7.53. The van der Waals surface area contributed by atoms with Crippen molar-refractivity contribution in [3.8, 4) is 0 Å². The summed E-state index contributed by atoms with van der Waals surface area (Å²) in [6.07, 6.45) is 2.30. The molecule has 3 N–H and O–H groups in total. The van der Waals surface area contributed by atoms with E-state index in [4.69, 9.17) is 5.73 Å². The van der Waals surface area contributed by atoms with Crippen LogP contribution in [0.1, 0.15) is 0 Å². The zero-order valence-electron chi connectivity index (χ0n) is 14.1. The molecule has 0 saturated carbocycles. The van der Waals surface area contributed by atoms with E-state index >= 15 is 0 Å². The van der Waals surface area contributed by atoms with E-state index < -0.39 is 35.3 Å². The van der Waals surface area contributed by atoms with Gasteiger partial charge in [-0.25, -0.2) is 26.4 Å². The Morgan fingerprint density at radius 2 is 1.50 bits per heavy atom. The maximum atomic E-state index is 13.3. The van der Waals surface area contributed by atoms with Crippen molar-refractivity contribution in [1.82, 2.24) is 5.43 Å². The van der Waals surface area contributed by atoms with Crippen molar-refractivity contribution >= 4 is 37.5 Å². The van der Waals surface area contributed by atoms with Crippen LogP contribution in [0.5, 0.6) is 0 Å². The molecule has 0 radical (unpaired) electrons. The SMILES string of the molecule is NCC(NN=C=O)(S(=O)(=O)c1ccccc1)S(=O)(=O)c1cccc(N=C=O)c1. The Bertz CT molecular complexity index is 1170. The van der Waals surface area contributed by atoms with Crippen LogP contribution < -0.4 is 11.2 Å². The predicted molar refractivity (Wildman–Crippen MR) is 98.1 cm³/mol. The zero-order valence-corrected chi connectivity index (χ0v) is 15.8. The molecule has 0 fully saturated rings. The van der Waals surface area contributed by atoms with Gasteiger partial charge >= 0.3 is 0 Å². The van der Waals surface area contributed by atoms with Crippen LogP contribution in [-0.4, -0.2) is 39.7 Å². The molecule has 0 spiro atoms. The minimum absolute atomic E-state index is 0.0713. The highest BCUT2D eigenvalue weighted by Crippen LogP contribution is 2.34. The van der Waals surface area contributed by atoms with Crippen LogP contribution in [-0.2, 0) is 29.3 Å². The van der Waals surface area contributed by atoms with Gasteiger partial charge in [-0.15, -0.1) is 0 Å². The van der Waals surface area contributed by atoms with Gasteiger partial charge in [0.15, 0.2) is 0 Å². The average molecular weight is 422 g/mol. The summed E-state index contributed by atoms with van der Waals surface area (Å²) in [4.78, 5) is 23.5. The molecule has 0 amide bonds. The molecule has 0 saturated heterocycles. The summed E-state index contributed by atoms with van der Waals surface area (Å²) < 4.78 is 50.2. The number of nitrogens with two attached hydrogens (primary N) is 1. The van der Waals surface area contributed by atoms with Crippen molar-refractivity contribution in [3.63, 3.8) is 0 Å². The third-order valence-corrected chi connectivity index (χ3v) is 9.10. The molecule has 0 heterocycles. The van der Waals surface area contributed by atoms with Gasteiger partial charge in [-0.3, -0.25) is 5.43 Å². The lowest BCUT2D eigenvalue weighted by molar-refractivity contribution is 0.495. The van der Waals surface area contributed by atoms with E-state index in [0.717, 1.165) is 18.2 Å². The van der Waals surface area contributed by atoms with E-state index in [9.17, 15) is 26.4 Å². The number of nitrogens with one attached hydrogen (secondary N) is 1. The Hall–Kier alpha value is -3.14. The van der Waals surface area contributed by atoms with Crippen molar-refractivity contribution in [1.29, 1.82) is 0 Å². The van der Waals surface area contributed by atoms with Crippen LogP contribution in [0.3, 0.4) is 0 Å². The Balaban J connectivity index is 2.84. The van der Waals surface area contributed by atoms with Gasteiger partial charge in [0.2, 0.25) is 25.8 Å². The molecule has 0 aliphatic rings. The second-order valence-corrected chi connectivity index (χ2v) is 9.90. The van der Waals surface area contributed by atoms with Gasteiger partial charge in [-0.2, -0.15) is 4.99 Å². The van der Waals surface area contributed by atoms with Crippen LogP contribution in [0.25, 0.3) is 0 Å². The number of hydrogen-bond acceptors (Lipinski definition) is 10. The maximum Gasteiger partial charge on any atom is 0.278 e. The smallest absolute Gasteiger partial charge is 0.278 e. The number of isocyanates is 2. The van der Waals surface area contributed by atoms with Crippen LogP contribution >= 0.6 is 0 Å². The Kier molecular flexibility index (Phi) is 6.24. The van der Waals surface area contributed by atoms with Gasteiger partial charge in [0, 0.05) is 6.54 Å². The van der Waals surface area contributed by atoms with E-state index in [1.54, 1.807) is 0 Å². The topological polar surface area (TPSA) is 165 Å². The van der Waals surface area contributed by atoms with Gasteiger partial charge in [-0.05, 0) is 30.3 Å². The van der Waals surface area contributed by atoms with E-state index in [1.165, 1.54) is 48.5 Å². The van der Waals surface area contributed by atoms with Gasteiger partial charge < -0.3 is 5.73 Å². The Morgan fingerprint density at radius 3 is 2.07 bits per heavy atom. The molecule has 12 heteroatoms. The number of rotatable bonds is 8. The quantitative estimate of drug-likeness (QED) is 0.349. The number of sulfone groups is 2. The lowest BCUT2D eigenvalue weighted by Crippen LogP contribution is -2.60. The molecular weight excluding hydrogens is 408 g/mol. The Labute approximate surface area is 160 Å². The van der Waals surface area contributed by atoms with Gasteiger partial charge in [0.1, 0.15) is 0 Å². The third-order valence-electron chi connectivity index (χ3n) is 3.76. The summed E-state index contributed by atoms with van der Waals surface area (Å²) >= 11 is 0. The largest absolute Gasteiger partial charge is 0.326 e. The molecule has 2 aromatic carbocycles. The number of benzene rings is 2. The van der Waals surface area contributed by atoms with Crippen molar-refractivity contribution < 1.29 is 26.4 Å². The molecule has 0 bridgehead atoms. The molecule has 0 aromatic heterocycles. The molecule has 0 aliphatic heterocycles. The monoisotopic (exact) mass is 422 g/mol. The highest BCUT2D eigenvalue weighted by Gasteiger charge is 2.56. The molecule has 28 heavy (non-hydrogen) atoms. The van der Waals surface area contributed by atoms with E-state index in [1.807, 2.05) is 5.43 Å². The number of carbonyl (C=O) groups excluding carboxylic acids is 2. The molecule has 0 aliphatic carbocycles. The minimum atomic E-state index is -4.82. The second-order valence-electron chi connectivity index (χ2n) is 5.29. The van der Waals surface area contributed by atoms with Crippen LogP contribution in [0.2, 0.25) is 0 Å².